The predicted molar refractivity (Wildman–Crippen MR) is 40.9 cm³/mol. The van der Waals surface area contributed by atoms with Gasteiger partial charge in [-0.2, -0.15) is 0 Å². The number of nitrogens with zero attached hydrogens (tertiary/aromatic N) is 1. The first-order valence-electron chi connectivity index (χ1n) is 3.76. The molecule has 0 amide bonds. The van der Waals surface area contributed by atoms with E-state index >= 15 is 0 Å². The van der Waals surface area contributed by atoms with Gasteiger partial charge in [0.05, 0.1) is 12.7 Å². The average Bonchev–Trinajstić information content (AvgIpc) is 1.88. The Bertz CT molecular complexity index is 106. The molecule has 2 atom stereocenters. The van der Waals surface area contributed by atoms with Crippen molar-refractivity contribution in [3.8, 4) is 0 Å². The number of hydrogen-bond acceptors (Lipinski definition) is 3. The van der Waals surface area contributed by atoms with Crippen LogP contribution in [0.2, 0.25) is 0 Å². The highest BCUT2D eigenvalue weighted by molar-refractivity contribution is 4.75. The molecule has 1 saturated heterocycles. The molecule has 3 heteroatoms. The normalized spacial score (nSPS) is 32.1. The van der Waals surface area contributed by atoms with Crippen LogP contribution in [-0.2, 0) is 4.74 Å². The van der Waals surface area contributed by atoms with Gasteiger partial charge >= 0.3 is 0 Å². The van der Waals surface area contributed by atoms with Crippen LogP contribution in [0.5, 0.6) is 0 Å². The Kier molecular flexibility index (Phi) is 2.65. The minimum atomic E-state index is 0.155. The second-order valence-corrected chi connectivity index (χ2v) is 3.03. The molecule has 10 heavy (non-hydrogen) atoms. The Labute approximate surface area is 62.1 Å². The molecule has 1 aliphatic rings. The molecule has 0 spiro atoms. The van der Waals surface area contributed by atoms with Crippen molar-refractivity contribution in [3.05, 3.63) is 0 Å². The van der Waals surface area contributed by atoms with E-state index in [0.717, 1.165) is 19.7 Å². The summed E-state index contributed by atoms with van der Waals surface area (Å²) in [7, 11) is 2.10. The maximum Gasteiger partial charge on any atom is 0.0850 e. The SMILES string of the molecule is C[C@H](N)C1CN(C)CCO1. The van der Waals surface area contributed by atoms with Gasteiger partial charge in [0.2, 0.25) is 0 Å². The van der Waals surface area contributed by atoms with Gasteiger partial charge in [-0.25, -0.2) is 0 Å². The van der Waals surface area contributed by atoms with E-state index in [1.807, 2.05) is 6.92 Å². The first-order chi connectivity index (χ1) is 4.70. The third-order valence-corrected chi connectivity index (χ3v) is 1.88. The van der Waals surface area contributed by atoms with Crippen LogP contribution in [0, 0.1) is 0 Å². The molecule has 1 rings (SSSR count). The van der Waals surface area contributed by atoms with E-state index in [1.54, 1.807) is 0 Å². The standard InChI is InChI=1S/C7H16N2O/c1-6(8)7-5-9(2)3-4-10-7/h6-7H,3-5,8H2,1-2H3/t6-,7?/m0/s1. The average molecular weight is 144 g/mol. The first kappa shape index (κ1) is 7.98. The Morgan fingerprint density at radius 2 is 2.40 bits per heavy atom. The molecular formula is C7H16N2O. The van der Waals surface area contributed by atoms with Gasteiger partial charge in [-0.15, -0.1) is 0 Å². The summed E-state index contributed by atoms with van der Waals surface area (Å²) in [6.07, 6.45) is 0.235. The summed E-state index contributed by atoms with van der Waals surface area (Å²) >= 11 is 0. The monoisotopic (exact) mass is 144 g/mol. The van der Waals surface area contributed by atoms with Gasteiger partial charge in [0.25, 0.3) is 0 Å². The van der Waals surface area contributed by atoms with E-state index in [4.69, 9.17) is 10.5 Å². The van der Waals surface area contributed by atoms with E-state index in [0.29, 0.717) is 0 Å². The highest BCUT2D eigenvalue weighted by atomic mass is 16.5. The van der Waals surface area contributed by atoms with Crippen LogP contribution in [0.25, 0.3) is 0 Å². The van der Waals surface area contributed by atoms with Crippen LogP contribution in [-0.4, -0.2) is 43.8 Å². The molecule has 3 nitrogen and oxygen atoms in total. The van der Waals surface area contributed by atoms with E-state index in [9.17, 15) is 0 Å². The molecule has 2 N–H and O–H groups in total. The van der Waals surface area contributed by atoms with Gasteiger partial charge in [0.1, 0.15) is 0 Å². The molecule has 0 aliphatic carbocycles. The molecule has 1 heterocycles. The largest absolute Gasteiger partial charge is 0.374 e. The van der Waals surface area contributed by atoms with Gasteiger partial charge in [0, 0.05) is 19.1 Å². The zero-order valence-electron chi connectivity index (χ0n) is 6.71. The Balaban J connectivity index is 2.32. The fourth-order valence-electron chi connectivity index (χ4n) is 1.13. The predicted octanol–water partition coefficient (Wildman–Crippen LogP) is -0.336. The summed E-state index contributed by atoms with van der Waals surface area (Å²) < 4.78 is 5.44. The Morgan fingerprint density at radius 3 is 2.80 bits per heavy atom. The van der Waals surface area contributed by atoms with Crippen molar-refractivity contribution < 1.29 is 4.74 Å². The van der Waals surface area contributed by atoms with Crippen LogP contribution >= 0.6 is 0 Å². The van der Waals surface area contributed by atoms with E-state index in [-0.39, 0.29) is 12.1 Å². The van der Waals surface area contributed by atoms with E-state index < -0.39 is 0 Å². The van der Waals surface area contributed by atoms with Crippen molar-refractivity contribution in [1.82, 2.24) is 4.90 Å². The number of ether oxygens (including phenoxy) is 1. The van der Waals surface area contributed by atoms with Gasteiger partial charge in [-0.3, -0.25) is 0 Å². The molecule has 0 aromatic rings. The van der Waals surface area contributed by atoms with E-state index in [1.165, 1.54) is 0 Å². The molecular weight excluding hydrogens is 128 g/mol. The molecule has 0 radical (unpaired) electrons. The minimum Gasteiger partial charge on any atom is -0.374 e. The summed E-state index contributed by atoms with van der Waals surface area (Å²) in [6.45, 7) is 4.81. The molecule has 0 aromatic heterocycles. The van der Waals surface area contributed by atoms with Gasteiger partial charge in [0.15, 0.2) is 0 Å². The summed E-state index contributed by atoms with van der Waals surface area (Å²) in [4.78, 5) is 2.25. The smallest absolute Gasteiger partial charge is 0.0850 e. The summed E-state index contributed by atoms with van der Waals surface area (Å²) in [5.41, 5.74) is 5.68. The number of nitrogens with two attached hydrogens (primary N) is 1. The van der Waals surface area contributed by atoms with E-state index in [2.05, 4.69) is 11.9 Å². The number of likely N-dealkylation sites (N-methyl/N-ethyl adjacent to an activating group) is 1. The molecule has 0 bridgehead atoms. The van der Waals surface area contributed by atoms with Crippen LogP contribution in [0.1, 0.15) is 6.92 Å². The molecule has 1 aliphatic heterocycles. The minimum absolute atomic E-state index is 0.155. The van der Waals surface area contributed by atoms with Gasteiger partial charge < -0.3 is 15.4 Å². The van der Waals surface area contributed by atoms with Gasteiger partial charge in [-0.05, 0) is 14.0 Å². The summed E-state index contributed by atoms with van der Waals surface area (Å²) in [6, 6.07) is 0.155. The topological polar surface area (TPSA) is 38.5 Å². The lowest BCUT2D eigenvalue weighted by molar-refractivity contribution is -0.0291. The fourth-order valence-corrected chi connectivity index (χ4v) is 1.13. The van der Waals surface area contributed by atoms with Crippen LogP contribution in [0.3, 0.4) is 0 Å². The molecule has 60 valence electrons. The second kappa shape index (κ2) is 3.32. The molecule has 0 aromatic carbocycles. The zero-order chi connectivity index (χ0) is 7.56. The maximum absolute atomic E-state index is 5.68. The van der Waals surface area contributed by atoms with Crippen molar-refractivity contribution in [1.29, 1.82) is 0 Å². The number of rotatable bonds is 1. The number of morpholine rings is 1. The summed E-state index contributed by atoms with van der Waals surface area (Å²) in [5, 5.41) is 0. The van der Waals surface area contributed by atoms with Crippen LogP contribution < -0.4 is 5.73 Å². The molecule has 1 fully saturated rings. The highest BCUT2D eigenvalue weighted by Gasteiger charge is 2.20. The Morgan fingerprint density at radius 1 is 1.70 bits per heavy atom. The molecule has 0 saturated carbocycles. The fraction of sp³-hybridized carbons (Fsp3) is 1.00. The Hall–Kier alpha value is -0.120. The van der Waals surface area contributed by atoms with Crippen molar-refractivity contribution in [2.24, 2.45) is 5.73 Å². The number of hydrogen-bond donors (Lipinski definition) is 1. The maximum atomic E-state index is 5.68. The lowest BCUT2D eigenvalue weighted by Crippen LogP contribution is -2.47. The van der Waals surface area contributed by atoms with Crippen LogP contribution in [0.15, 0.2) is 0 Å². The lowest BCUT2D eigenvalue weighted by atomic mass is 10.2. The van der Waals surface area contributed by atoms with Crippen LogP contribution in [0.4, 0.5) is 0 Å². The van der Waals surface area contributed by atoms with Crippen molar-refractivity contribution >= 4 is 0 Å². The summed E-state index contributed by atoms with van der Waals surface area (Å²) in [5.74, 6) is 0. The zero-order valence-corrected chi connectivity index (χ0v) is 6.71. The first-order valence-corrected chi connectivity index (χ1v) is 3.76. The highest BCUT2D eigenvalue weighted by Crippen LogP contribution is 2.04. The van der Waals surface area contributed by atoms with Crippen molar-refractivity contribution in [2.75, 3.05) is 26.7 Å². The lowest BCUT2D eigenvalue weighted by Gasteiger charge is -2.32. The van der Waals surface area contributed by atoms with Gasteiger partial charge in [-0.1, -0.05) is 0 Å². The second-order valence-electron chi connectivity index (χ2n) is 3.03. The van der Waals surface area contributed by atoms with Crippen molar-refractivity contribution in [3.63, 3.8) is 0 Å². The quantitative estimate of drug-likeness (QED) is 0.547. The molecule has 1 unspecified atom stereocenters. The van der Waals surface area contributed by atoms with Crippen molar-refractivity contribution in [2.45, 2.75) is 19.1 Å². The third-order valence-electron chi connectivity index (χ3n) is 1.88. The third kappa shape index (κ3) is 1.94.